The molecule has 0 saturated carbocycles. The second-order valence-corrected chi connectivity index (χ2v) is 7.19. The number of piperazine rings is 1. The van der Waals surface area contributed by atoms with Gasteiger partial charge in [-0.3, -0.25) is 14.9 Å². The Kier molecular flexibility index (Phi) is 7.46. The van der Waals surface area contributed by atoms with Crippen molar-refractivity contribution in [3.63, 3.8) is 0 Å². The SMILES string of the molecule is COc1ccc(CCN2CCN(Cc3ccc(C(=O)NO)cc3)CC2)cc1OC. The Morgan fingerprint density at radius 3 is 2.17 bits per heavy atom. The number of hydrogen-bond acceptors (Lipinski definition) is 6. The molecule has 0 aromatic heterocycles. The van der Waals surface area contributed by atoms with E-state index >= 15 is 0 Å². The van der Waals surface area contributed by atoms with Crippen molar-refractivity contribution in [2.45, 2.75) is 13.0 Å². The number of carbonyl (C=O) groups is 1. The minimum absolute atomic E-state index is 0.455. The normalized spacial score (nSPS) is 15.1. The smallest absolute Gasteiger partial charge is 0.274 e. The monoisotopic (exact) mass is 399 g/mol. The van der Waals surface area contributed by atoms with E-state index in [1.165, 1.54) is 11.1 Å². The molecule has 1 fully saturated rings. The van der Waals surface area contributed by atoms with E-state index in [9.17, 15) is 4.79 Å². The molecule has 0 atom stereocenters. The van der Waals surface area contributed by atoms with Gasteiger partial charge in [-0.2, -0.15) is 0 Å². The van der Waals surface area contributed by atoms with Gasteiger partial charge in [0.2, 0.25) is 0 Å². The van der Waals surface area contributed by atoms with Crippen LogP contribution in [0.4, 0.5) is 0 Å². The van der Waals surface area contributed by atoms with Gasteiger partial charge in [-0.05, 0) is 41.8 Å². The van der Waals surface area contributed by atoms with Gasteiger partial charge in [0.15, 0.2) is 11.5 Å². The fourth-order valence-electron chi connectivity index (χ4n) is 3.58. The van der Waals surface area contributed by atoms with E-state index in [1.54, 1.807) is 31.8 Å². The van der Waals surface area contributed by atoms with Gasteiger partial charge in [-0.25, -0.2) is 5.48 Å². The minimum Gasteiger partial charge on any atom is -0.493 e. The maximum atomic E-state index is 11.4. The molecule has 2 N–H and O–H groups in total. The number of rotatable bonds is 8. The van der Waals surface area contributed by atoms with Crippen LogP contribution in [0.3, 0.4) is 0 Å². The first kappa shape index (κ1) is 21.1. The molecule has 0 unspecified atom stereocenters. The van der Waals surface area contributed by atoms with E-state index in [0.717, 1.165) is 57.2 Å². The van der Waals surface area contributed by atoms with E-state index in [0.29, 0.717) is 5.56 Å². The molecule has 0 radical (unpaired) electrons. The molecule has 1 heterocycles. The average Bonchev–Trinajstić information content (AvgIpc) is 2.78. The molecule has 7 heteroatoms. The molecule has 2 aromatic carbocycles. The van der Waals surface area contributed by atoms with Crippen molar-refractivity contribution in [2.24, 2.45) is 0 Å². The number of hydrogen-bond donors (Lipinski definition) is 2. The maximum Gasteiger partial charge on any atom is 0.274 e. The van der Waals surface area contributed by atoms with E-state index in [2.05, 4.69) is 21.9 Å². The van der Waals surface area contributed by atoms with Gasteiger partial charge in [-0.15, -0.1) is 0 Å². The molecular weight excluding hydrogens is 370 g/mol. The van der Waals surface area contributed by atoms with Crippen LogP contribution < -0.4 is 15.0 Å². The predicted molar refractivity (Wildman–Crippen MR) is 111 cm³/mol. The van der Waals surface area contributed by atoms with Crippen LogP contribution in [0.15, 0.2) is 42.5 Å². The third-order valence-corrected chi connectivity index (χ3v) is 5.35. The number of carbonyl (C=O) groups excluding carboxylic acids is 1. The number of nitrogens with zero attached hydrogens (tertiary/aromatic N) is 2. The second kappa shape index (κ2) is 10.2. The van der Waals surface area contributed by atoms with Crippen LogP contribution in [0.5, 0.6) is 11.5 Å². The number of amides is 1. The molecule has 1 aliphatic heterocycles. The summed E-state index contributed by atoms with van der Waals surface area (Å²) in [5.41, 5.74) is 4.52. The first-order chi connectivity index (χ1) is 14.1. The average molecular weight is 399 g/mol. The predicted octanol–water partition coefficient (Wildman–Crippen LogP) is 2.18. The molecule has 1 amide bonds. The number of ether oxygens (including phenoxy) is 2. The first-order valence-corrected chi connectivity index (χ1v) is 9.82. The molecule has 7 nitrogen and oxygen atoms in total. The fourth-order valence-corrected chi connectivity index (χ4v) is 3.58. The van der Waals surface area contributed by atoms with Crippen LogP contribution in [0, 0.1) is 0 Å². The summed E-state index contributed by atoms with van der Waals surface area (Å²) in [6.07, 6.45) is 0.981. The zero-order chi connectivity index (χ0) is 20.6. The third kappa shape index (κ3) is 5.69. The maximum absolute atomic E-state index is 11.4. The molecule has 2 aromatic rings. The number of hydroxylamine groups is 1. The molecule has 0 bridgehead atoms. The van der Waals surface area contributed by atoms with E-state index in [4.69, 9.17) is 14.7 Å². The van der Waals surface area contributed by atoms with E-state index in [1.807, 2.05) is 18.2 Å². The molecule has 156 valence electrons. The van der Waals surface area contributed by atoms with Crippen LogP contribution >= 0.6 is 0 Å². The van der Waals surface area contributed by atoms with Crippen molar-refractivity contribution in [1.29, 1.82) is 0 Å². The largest absolute Gasteiger partial charge is 0.493 e. The number of methoxy groups -OCH3 is 2. The summed E-state index contributed by atoms with van der Waals surface area (Å²) in [6, 6.07) is 13.5. The van der Waals surface area contributed by atoms with Crippen LogP contribution in [-0.2, 0) is 13.0 Å². The summed E-state index contributed by atoms with van der Waals surface area (Å²) in [4.78, 5) is 16.3. The Hall–Kier alpha value is -2.61. The lowest BCUT2D eigenvalue weighted by Gasteiger charge is -2.34. The zero-order valence-electron chi connectivity index (χ0n) is 17.1. The molecule has 0 aliphatic carbocycles. The van der Waals surface area contributed by atoms with Gasteiger partial charge in [0.05, 0.1) is 14.2 Å². The minimum atomic E-state index is -0.486. The van der Waals surface area contributed by atoms with E-state index < -0.39 is 5.91 Å². The third-order valence-electron chi connectivity index (χ3n) is 5.35. The highest BCUT2D eigenvalue weighted by Gasteiger charge is 2.17. The summed E-state index contributed by atoms with van der Waals surface area (Å²) in [5, 5.41) is 8.69. The molecule has 3 rings (SSSR count). The number of benzene rings is 2. The van der Waals surface area contributed by atoms with Gasteiger partial charge in [-0.1, -0.05) is 18.2 Å². The van der Waals surface area contributed by atoms with Gasteiger partial charge in [0, 0.05) is 44.8 Å². The Labute approximate surface area is 171 Å². The van der Waals surface area contributed by atoms with Crippen molar-refractivity contribution in [2.75, 3.05) is 46.9 Å². The van der Waals surface area contributed by atoms with E-state index in [-0.39, 0.29) is 0 Å². The van der Waals surface area contributed by atoms with Crippen LogP contribution in [0.2, 0.25) is 0 Å². The van der Waals surface area contributed by atoms with Crippen molar-refractivity contribution in [3.05, 3.63) is 59.2 Å². The summed E-state index contributed by atoms with van der Waals surface area (Å²) in [5.74, 6) is 1.05. The lowest BCUT2D eigenvalue weighted by molar-refractivity contribution is 0.0706. The standard InChI is InChI=1S/C22H29N3O4/c1-28-20-8-5-17(15-21(20)29-2)9-10-24-11-13-25(14-12-24)16-18-3-6-19(7-4-18)22(26)23-27/h3-8,15,27H,9-14,16H2,1-2H3,(H,23,26). The summed E-state index contributed by atoms with van der Waals surface area (Å²) < 4.78 is 10.7. The van der Waals surface area contributed by atoms with Crippen molar-refractivity contribution in [1.82, 2.24) is 15.3 Å². The Bertz CT molecular complexity index is 802. The Morgan fingerprint density at radius 1 is 0.931 bits per heavy atom. The van der Waals surface area contributed by atoms with Crippen molar-refractivity contribution < 1.29 is 19.5 Å². The molecule has 0 spiro atoms. The molecule has 29 heavy (non-hydrogen) atoms. The topological polar surface area (TPSA) is 74.3 Å². The molecule has 1 saturated heterocycles. The lowest BCUT2D eigenvalue weighted by Crippen LogP contribution is -2.46. The second-order valence-electron chi connectivity index (χ2n) is 7.19. The lowest BCUT2D eigenvalue weighted by atomic mass is 10.1. The zero-order valence-corrected chi connectivity index (χ0v) is 17.1. The highest BCUT2D eigenvalue weighted by Crippen LogP contribution is 2.27. The Morgan fingerprint density at radius 2 is 1.55 bits per heavy atom. The van der Waals surface area contributed by atoms with Gasteiger partial charge >= 0.3 is 0 Å². The highest BCUT2D eigenvalue weighted by atomic mass is 16.5. The van der Waals surface area contributed by atoms with Gasteiger partial charge in [0.1, 0.15) is 0 Å². The van der Waals surface area contributed by atoms with Gasteiger partial charge in [0.25, 0.3) is 5.91 Å². The summed E-state index contributed by atoms with van der Waals surface area (Å²) >= 11 is 0. The number of nitrogens with one attached hydrogen (secondary N) is 1. The van der Waals surface area contributed by atoms with Crippen LogP contribution in [0.1, 0.15) is 21.5 Å². The quantitative estimate of drug-likeness (QED) is 0.524. The van der Waals surface area contributed by atoms with Crippen LogP contribution in [0.25, 0.3) is 0 Å². The highest BCUT2D eigenvalue weighted by molar-refractivity contribution is 5.93. The summed E-state index contributed by atoms with van der Waals surface area (Å²) in [7, 11) is 3.31. The Balaban J connectivity index is 1.44. The van der Waals surface area contributed by atoms with Gasteiger partial charge < -0.3 is 14.4 Å². The van der Waals surface area contributed by atoms with Crippen LogP contribution in [-0.4, -0.2) is 67.9 Å². The molecule has 1 aliphatic rings. The summed E-state index contributed by atoms with van der Waals surface area (Å²) in [6.45, 7) is 6.00. The fraction of sp³-hybridized carbons (Fsp3) is 0.409. The van der Waals surface area contributed by atoms with Crippen molar-refractivity contribution >= 4 is 5.91 Å². The molecular formula is C22H29N3O4. The van der Waals surface area contributed by atoms with Crippen molar-refractivity contribution in [3.8, 4) is 11.5 Å². The first-order valence-electron chi connectivity index (χ1n) is 9.82.